The van der Waals surface area contributed by atoms with Crippen molar-refractivity contribution in [3.63, 3.8) is 0 Å². The minimum absolute atomic E-state index is 0.0464. The summed E-state index contributed by atoms with van der Waals surface area (Å²) in [5, 5.41) is 30.4. The summed E-state index contributed by atoms with van der Waals surface area (Å²) in [5.41, 5.74) is 1.47. The predicted molar refractivity (Wildman–Crippen MR) is 124 cm³/mol. The summed E-state index contributed by atoms with van der Waals surface area (Å²) in [4.78, 5) is 0. The molecule has 0 aromatic rings. The fraction of sp³-hybridized carbons (Fsp3) is 0.852. The lowest BCUT2D eigenvalue weighted by atomic mass is 9.58. The van der Waals surface area contributed by atoms with Gasteiger partial charge in [-0.3, -0.25) is 0 Å². The Morgan fingerprint density at radius 3 is 2.71 bits per heavy atom. The first-order valence-electron chi connectivity index (χ1n) is 12.6. The average Bonchev–Trinajstić information content (AvgIpc) is 3.18. The van der Waals surface area contributed by atoms with Crippen LogP contribution < -0.4 is 0 Å². The summed E-state index contributed by atoms with van der Waals surface area (Å²) in [6, 6.07) is 0. The molecule has 1 saturated heterocycles. The largest absolute Gasteiger partial charge is 0.393 e. The van der Waals surface area contributed by atoms with E-state index in [0.717, 1.165) is 36.3 Å². The van der Waals surface area contributed by atoms with Gasteiger partial charge in [-0.2, -0.15) is 0 Å². The number of epoxide rings is 1. The van der Waals surface area contributed by atoms with E-state index in [1.165, 1.54) is 32.1 Å². The van der Waals surface area contributed by atoms with Gasteiger partial charge in [0.1, 0.15) is 11.7 Å². The van der Waals surface area contributed by atoms with Gasteiger partial charge < -0.3 is 20.1 Å². The second kappa shape index (κ2) is 8.27. The van der Waals surface area contributed by atoms with Crippen molar-refractivity contribution in [2.24, 2.45) is 23.2 Å². The molecule has 31 heavy (non-hydrogen) atoms. The van der Waals surface area contributed by atoms with E-state index in [0.29, 0.717) is 30.1 Å². The Bertz CT molecular complexity index is 721. The molecule has 0 unspecified atom stereocenters. The Kier molecular flexibility index (Phi) is 6.26. The third-order valence-electron chi connectivity index (χ3n) is 9.31. The van der Waals surface area contributed by atoms with Crippen molar-refractivity contribution in [1.82, 2.24) is 0 Å². The van der Waals surface area contributed by atoms with Crippen molar-refractivity contribution < 1.29 is 20.1 Å². The molecule has 4 fully saturated rings. The molecule has 0 aromatic heterocycles. The van der Waals surface area contributed by atoms with Crippen LogP contribution in [0.15, 0.2) is 23.8 Å². The molecule has 8 atom stereocenters. The number of rotatable bonds is 6. The van der Waals surface area contributed by atoms with Crippen molar-refractivity contribution in [1.29, 1.82) is 0 Å². The highest BCUT2D eigenvalue weighted by molar-refractivity contribution is 5.38. The second-order valence-electron chi connectivity index (χ2n) is 12.1. The van der Waals surface area contributed by atoms with Crippen LogP contribution >= 0.6 is 0 Å². The highest BCUT2D eigenvalue weighted by Gasteiger charge is 2.68. The first-order chi connectivity index (χ1) is 14.5. The van der Waals surface area contributed by atoms with E-state index < -0.39 is 17.8 Å². The molecule has 0 radical (unpaired) electrons. The van der Waals surface area contributed by atoms with E-state index >= 15 is 0 Å². The highest BCUT2D eigenvalue weighted by atomic mass is 16.6. The molecule has 0 amide bonds. The fourth-order valence-electron chi connectivity index (χ4n) is 7.64. The van der Waals surface area contributed by atoms with Gasteiger partial charge in [0.25, 0.3) is 0 Å². The standard InChI is InChI=1S/C27H44O4/c1-17(8-6-11-25(3,4)30)21-9-10-23-26(21,5)12-7-13-27(23)24(31-27)15-19-14-20(28)16-22(29)18(19)2/h15,17,20-24,28-30H,2,6-14,16H2,1,3-5H3/b19-15-/t17-,20-,21-,22+,23-,24-,26-,27-/m1/s1. The third-order valence-corrected chi connectivity index (χ3v) is 9.31. The van der Waals surface area contributed by atoms with Gasteiger partial charge in [-0.15, -0.1) is 0 Å². The van der Waals surface area contributed by atoms with Gasteiger partial charge in [-0.1, -0.05) is 33.3 Å². The van der Waals surface area contributed by atoms with Crippen LogP contribution in [0.5, 0.6) is 0 Å². The normalized spacial score (nSPS) is 45.2. The molecule has 4 aliphatic rings. The number of aliphatic hydroxyl groups excluding tert-OH is 2. The lowest BCUT2D eigenvalue weighted by molar-refractivity contribution is 0.00814. The van der Waals surface area contributed by atoms with E-state index in [9.17, 15) is 15.3 Å². The van der Waals surface area contributed by atoms with Gasteiger partial charge in [-0.05, 0) is 99.2 Å². The number of fused-ring (bicyclic) bond motifs is 2. The number of hydrogen-bond donors (Lipinski definition) is 3. The van der Waals surface area contributed by atoms with Crippen LogP contribution in [0, 0.1) is 23.2 Å². The van der Waals surface area contributed by atoms with Gasteiger partial charge in [0.05, 0.1) is 17.8 Å². The molecule has 1 aliphatic heterocycles. The van der Waals surface area contributed by atoms with Gasteiger partial charge in [-0.25, -0.2) is 0 Å². The molecule has 4 rings (SSSR count). The van der Waals surface area contributed by atoms with Crippen LogP contribution in [-0.2, 0) is 4.74 Å². The predicted octanol–water partition coefficient (Wildman–Crippen LogP) is 4.92. The monoisotopic (exact) mass is 432 g/mol. The van der Waals surface area contributed by atoms with E-state index in [2.05, 4.69) is 26.5 Å². The molecule has 4 heteroatoms. The minimum atomic E-state index is -0.637. The van der Waals surface area contributed by atoms with Gasteiger partial charge in [0.15, 0.2) is 0 Å². The Morgan fingerprint density at radius 1 is 1.26 bits per heavy atom. The Balaban J connectivity index is 1.45. The van der Waals surface area contributed by atoms with Crippen LogP contribution in [-0.4, -0.2) is 44.8 Å². The zero-order valence-corrected chi connectivity index (χ0v) is 20.1. The molecule has 4 nitrogen and oxygen atoms in total. The van der Waals surface area contributed by atoms with Crippen LogP contribution in [0.2, 0.25) is 0 Å². The molecule has 3 saturated carbocycles. The first kappa shape index (κ1) is 23.5. The molecule has 0 aromatic carbocycles. The van der Waals surface area contributed by atoms with E-state index in [1.54, 1.807) is 0 Å². The molecule has 3 N–H and O–H groups in total. The van der Waals surface area contributed by atoms with Gasteiger partial charge in [0, 0.05) is 6.42 Å². The van der Waals surface area contributed by atoms with Crippen LogP contribution in [0.3, 0.4) is 0 Å². The van der Waals surface area contributed by atoms with Crippen molar-refractivity contribution >= 4 is 0 Å². The summed E-state index contributed by atoms with van der Waals surface area (Å²) in [5.74, 6) is 1.98. The Labute approximate surface area is 188 Å². The highest BCUT2D eigenvalue weighted by Crippen LogP contribution is 2.67. The molecule has 0 bridgehead atoms. The number of aliphatic hydroxyl groups is 3. The summed E-state index contributed by atoms with van der Waals surface area (Å²) in [7, 11) is 0. The maximum Gasteiger partial charge on any atom is 0.106 e. The topological polar surface area (TPSA) is 73.2 Å². The fourth-order valence-corrected chi connectivity index (χ4v) is 7.64. The zero-order chi connectivity index (χ0) is 22.6. The number of ether oxygens (including phenoxy) is 1. The SMILES string of the molecule is C=C1/C(=C\[C@H]2O[C@@]23CCC[C@]2(C)[C@@H]([C@H](C)CCCC(C)(C)O)CC[C@H]23)C[C@@H](O)C[C@@H]1O. The lowest BCUT2D eigenvalue weighted by Crippen LogP contribution is -2.44. The quantitative estimate of drug-likeness (QED) is 0.521. The van der Waals surface area contributed by atoms with E-state index in [1.807, 2.05) is 13.8 Å². The first-order valence-corrected chi connectivity index (χ1v) is 12.6. The second-order valence-corrected chi connectivity index (χ2v) is 12.1. The summed E-state index contributed by atoms with van der Waals surface area (Å²) in [6.45, 7) is 12.8. The summed E-state index contributed by atoms with van der Waals surface area (Å²) < 4.78 is 6.49. The molecule has 3 aliphatic carbocycles. The lowest BCUT2D eigenvalue weighted by Gasteiger charge is -2.46. The zero-order valence-electron chi connectivity index (χ0n) is 20.1. The van der Waals surface area contributed by atoms with Crippen LogP contribution in [0.4, 0.5) is 0 Å². The molecular formula is C27H44O4. The minimum Gasteiger partial charge on any atom is -0.393 e. The van der Waals surface area contributed by atoms with Crippen LogP contribution in [0.25, 0.3) is 0 Å². The summed E-state index contributed by atoms with van der Waals surface area (Å²) >= 11 is 0. The Hall–Kier alpha value is -0.680. The molecule has 1 heterocycles. The van der Waals surface area contributed by atoms with Gasteiger partial charge in [0.2, 0.25) is 0 Å². The third kappa shape index (κ3) is 4.43. The Morgan fingerprint density at radius 2 is 2.00 bits per heavy atom. The average molecular weight is 433 g/mol. The van der Waals surface area contributed by atoms with Crippen molar-refractivity contribution in [2.75, 3.05) is 0 Å². The number of hydrogen-bond acceptors (Lipinski definition) is 4. The van der Waals surface area contributed by atoms with Crippen LogP contribution in [0.1, 0.15) is 91.9 Å². The van der Waals surface area contributed by atoms with Gasteiger partial charge >= 0.3 is 0 Å². The molecular weight excluding hydrogens is 388 g/mol. The maximum absolute atomic E-state index is 10.2. The van der Waals surface area contributed by atoms with Crippen molar-refractivity contribution in [2.45, 2.75) is 121 Å². The van der Waals surface area contributed by atoms with Crippen molar-refractivity contribution in [3.05, 3.63) is 23.8 Å². The van der Waals surface area contributed by atoms with E-state index in [4.69, 9.17) is 4.74 Å². The molecule has 176 valence electrons. The van der Waals surface area contributed by atoms with Crippen molar-refractivity contribution in [3.8, 4) is 0 Å². The summed E-state index contributed by atoms with van der Waals surface area (Å²) in [6.07, 6.45) is 11.4. The van der Waals surface area contributed by atoms with E-state index in [-0.39, 0.29) is 11.7 Å². The maximum atomic E-state index is 10.2. The smallest absolute Gasteiger partial charge is 0.106 e. The molecule has 1 spiro atoms.